The average Bonchev–Trinajstić information content (AvgIpc) is 2.68. The summed E-state index contributed by atoms with van der Waals surface area (Å²) in [6, 6.07) is 8.42. The van der Waals surface area contributed by atoms with Crippen molar-refractivity contribution in [2.45, 2.75) is 45.1 Å². The number of nitrogens with one attached hydrogen (secondary N) is 1. The maximum atomic E-state index is 11.8. The molecule has 1 unspecified atom stereocenters. The Kier molecular flexibility index (Phi) is 8.92. The van der Waals surface area contributed by atoms with Gasteiger partial charge in [-0.3, -0.25) is 4.79 Å². The summed E-state index contributed by atoms with van der Waals surface area (Å²) in [4.78, 5) is 18.5. The maximum absolute atomic E-state index is 11.8. The topological polar surface area (TPSA) is 38.8 Å². The van der Waals surface area contributed by atoms with Crippen LogP contribution in [0.15, 0.2) is 24.3 Å². The van der Waals surface area contributed by atoms with Crippen LogP contribution in [0.5, 0.6) is 0 Å². The van der Waals surface area contributed by atoms with E-state index in [1.54, 1.807) is 0 Å². The third-order valence-corrected chi connectivity index (χ3v) is 5.39. The van der Waals surface area contributed by atoms with Crippen molar-refractivity contribution in [2.24, 2.45) is 0 Å². The molecule has 1 fully saturated rings. The smallest absolute Gasteiger partial charge is 0.214 e. The van der Waals surface area contributed by atoms with Gasteiger partial charge in [-0.05, 0) is 78.0 Å². The highest BCUT2D eigenvalue weighted by atomic mass is 16.1. The van der Waals surface area contributed by atoms with Gasteiger partial charge in [0.15, 0.2) is 0 Å². The number of amides is 1. The van der Waals surface area contributed by atoms with Gasteiger partial charge in [0.05, 0.1) is 11.4 Å². The second kappa shape index (κ2) is 11.2. The van der Waals surface area contributed by atoms with Crippen LogP contribution >= 0.6 is 0 Å². The first kappa shape index (κ1) is 20.7. The monoisotopic (exact) mass is 360 g/mol. The number of benzene rings is 1. The largest absolute Gasteiger partial charge is 0.373 e. The summed E-state index contributed by atoms with van der Waals surface area (Å²) in [5.41, 5.74) is 2.14. The third kappa shape index (κ3) is 5.99. The molecule has 5 nitrogen and oxygen atoms in total. The molecule has 1 aromatic carbocycles. The van der Waals surface area contributed by atoms with Gasteiger partial charge in [0.1, 0.15) is 0 Å². The van der Waals surface area contributed by atoms with Crippen LogP contribution in [0.25, 0.3) is 0 Å². The Balaban J connectivity index is 1.97. The molecule has 2 rings (SSSR count). The number of carbonyl (C=O) groups excluding carboxylic acids is 1. The molecule has 1 aromatic rings. The fraction of sp³-hybridized carbons (Fsp3) is 0.667. The Morgan fingerprint density at radius 2 is 1.88 bits per heavy atom. The molecule has 0 bridgehead atoms. The summed E-state index contributed by atoms with van der Waals surface area (Å²) in [5, 5.41) is 3.17. The van der Waals surface area contributed by atoms with Gasteiger partial charge < -0.3 is 20.0 Å². The van der Waals surface area contributed by atoms with Crippen LogP contribution < -0.4 is 15.1 Å². The van der Waals surface area contributed by atoms with E-state index in [-0.39, 0.29) is 6.04 Å². The van der Waals surface area contributed by atoms with E-state index in [4.69, 9.17) is 0 Å². The van der Waals surface area contributed by atoms with Crippen LogP contribution in [0.3, 0.4) is 0 Å². The minimum Gasteiger partial charge on any atom is -0.373 e. The lowest BCUT2D eigenvalue weighted by molar-refractivity contribution is -0.107. The lowest BCUT2D eigenvalue weighted by Crippen LogP contribution is -2.36. The van der Waals surface area contributed by atoms with Crippen molar-refractivity contribution in [3.63, 3.8) is 0 Å². The summed E-state index contributed by atoms with van der Waals surface area (Å²) in [6.07, 6.45) is 7.14. The molecular formula is C21H36N4O. The Bertz CT molecular complexity index is 530. The zero-order valence-corrected chi connectivity index (χ0v) is 16.8. The molecule has 1 aliphatic rings. The summed E-state index contributed by atoms with van der Waals surface area (Å²) in [5.74, 6) is 0. The van der Waals surface area contributed by atoms with Crippen LogP contribution in [-0.2, 0) is 4.79 Å². The second-order valence-corrected chi connectivity index (χ2v) is 7.42. The summed E-state index contributed by atoms with van der Waals surface area (Å²) in [7, 11) is 4.08. The Morgan fingerprint density at radius 1 is 1.19 bits per heavy atom. The van der Waals surface area contributed by atoms with E-state index >= 15 is 0 Å². The Hall–Kier alpha value is -1.59. The fourth-order valence-electron chi connectivity index (χ4n) is 3.73. The molecule has 1 N–H and O–H groups in total. The van der Waals surface area contributed by atoms with E-state index in [1.807, 2.05) is 18.0 Å². The first-order valence-electron chi connectivity index (χ1n) is 10.1. The van der Waals surface area contributed by atoms with E-state index < -0.39 is 0 Å². The number of carbonyl (C=O) groups is 1. The number of anilines is 2. The van der Waals surface area contributed by atoms with Gasteiger partial charge in [0.2, 0.25) is 6.41 Å². The number of hydrogen-bond acceptors (Lipinski definition) is 4. The maximum Gasteiger partial charge on any atom is 0.214 e. The molecule has 0 aliphatic carbocycles. The van der Waals surface area contributed by atoms with Gasteiger partial charge in [0.25, 0.3) is 0 Å². The molecule has 26 heavy (non-hydrogen) atoms. The third-order valence-electron chi connectivity index (χ3n) is 5.39. The fourth-order valence-corrected chi connectivity index (χ4v) is 3.73. The van der Waals surface area contributed by atoms with E-state index in [0.29, 0.717) is 0 Å². The SMILES string of the molecule is CNCCC(C)N(C=O)c1ccccc1N(C)CCCN1CCCCC1. The van der Waals surface area contributed by atoms with Gasteiger partial charge in [-0.1, -0.05) is 18.6 Å². The van der Waals surface area contributed by atoms with Crippen molar-refractivity contribution in [3.05, 3.63) is 24.3 Å². The molecule has 5 heteroatoms. The number of nitrogens with zero attached hydrogens (tertiary/aromatic N) is 3. The van der Waals surface area contributed by atoms with Gasteiger partial charge in [-0.15, -0.1) is 0 Å². The molecule has 1 amide bonds. The van der Waals surface area contributed by atoms with Crippen LogP contribution in [0, 0.1) is 0 Å². The zero-order valence-electron chi connectivity index (χ0n) is 16.8. The molecule has 146 valence electrons. The molecule has 1 saturated heterocycles. The Morgan fingerprint density at radius 3 is 2.54 bits per heavy atom. The van der Waals surface area contributed by atoms with Crippen LogP contribution in [0.4, 0.5) is 11.4 Å². The van der Waals surface area contributed by atoms with E-state index in [2.05, 4.69) is 47.3 Å². The highest BCUT2D eigenvalue weighted by molar-refractivity contribution is 5.84. The van der Waals surface area contributed by atoms with Crippen molar-refractivity contribution in [1.82, 2.24) is 10.2 Å². The molecule has 0 radical (unpaired) electrons. The van der Waals surface area contributed by atoms with Gasteiger partial charge >= 0.3 is 0 Å². The summed E-state index contributed by atoms with van der Waals surface area (Å²) < 4.78 is 0. The van der Waals surface area contributed by atoms with Crippen LogP contribution in [-0.4, -0.2) is 64.2 Å². The summed E-state index contributed by atoms with van der Waals surface area (Å²) >= 11 is 0. The Labute approximate surface area is 159 Å². The van der Waals surface area contributed by atoms with Gasteiger partial charge in [-0.25, -0.2) is 0 Å². The van der Waals surface area contributed by atoms with Crippen molar-refractivity contribution in [1.29, 1.82) is 0 Å². The molecule has 1 heterocycles. The lowest BCUT2D eigenvalue weighted by atomic mass is 10.1. The van der Waals surface area contributed by atoms with Crippen molar-refractivity contribution in [2.75, 3.05) is 56.6 Å². The van der Waals surface area contributed by atoms with E-state index in [9.17, 15) is 4.79 Å². The molecule has 0 saturated carbocycles. The zero-order chi connectivity index (χ0) is 18.8. The molecule has 0 aromatic heterocycles. The minimum atomic E-state index is 0.169. The normalized spacial score (nSPS) is 16.3. The van der Waals surface area contributed by atoms with Crippen molar-refractivity contribution < 1.29 is 4.79 Å². The average molecular weight is 361 g/mol. The van der Waals surface area contributed by atoms with Crippen LogP contribution in [0.1, 0.15) is 39.0 Å². The highest BCUT2D eigenvalue weighted by Crippen LogP contribution is 2.29. The summed E-state index contributed by atoms with van der Waals surface area (Å²) in [6.45, 7) is 7.69. The highest BCUT2D eigenvalue weighted by Gasteiger charge is 2.18. The number of hydrogen-bond donors (Lipinski definition) is 1. The minimum absolute atomic E-state index is 0.169. The van der Waals surface area contributed by atoms with Crippen molar-refractivity contribution >= 4 is 17.8 Å². The van der Waals surface area contributed by atoms with Gasteiger partial charge in [-0.2, -0.15) is 0 Å². The molecule has 1 aliphatic heterocycles. The first-order chi connectivity index (χ1) is 12.7. The number of rotatable bonds is 11. The molecular weight excluding hydrogens is 324 g/mol. The molecule has 1 atom stereocenters. The quantitative estimate of drug-likeness (QED) is 0.616. The number of likely N-dealkylation sites (tertiary alicyclic amines) is 1. The standard InChI is InChI=1S/C21H36N4O/c1-19(12-13-22-2)25(18-26)21-11-6-5-10-20(21)23(3)14-9-17-24-15-7-4-8-16-24/h5-6,10-11,18-19,22H,4,7-9,12-17H2,1-3H3. The number of para-hydroxylation sites is 2. The first-order valence-corrected chi connectivity index (χ1v) is 10.1. The van der Waals surface area contributed by atoms with Crippen LogP contribution in [0.2, 0.25) is 0 Å². The van der Waals surface area contributed by atoms with E-state index in [1.165, 1.54) is 38.9 Å². The lowest BCUT2D eigenvalue weighted by Gasteiger charge is -2.31. The number of piperidine rings is 1. The predicted molar refractivity (Wildman–Crippen MR) is 111 cm³/mol. The van der Waals surface area contributed by atoms with E-state index in [0.717, 1.165) is 43.7 Å². The molecule has 0 spiro atoms. The second-order valence-electron chi connectivity index (χ2n) is 7.42. The predicted octanol–water partition coefficient (Wildman–Crippen LogP) is 2.96. The van der Waals surface area contributed by atoms with Gasteiger partial charge in [0, 0.05) is 19.6 Å². The van der Waals surface area contributed by atoms with Crippen molar-refractivity contribution in [3.8, 4) is 0 Å².